The molecule has 0 amide bonds. The van der Waals surface area contributed by atoms with Gasteiger partial charge in [-0.05, 0) is 25.0 Å². The van der Waals surface area contributed by atoms with Crippen molar-refractivity contribution in [2.45, 2.75) is 25.4 Å². The van der Waals surface area contributed by atoms with E-state index in [0.29, 0.717) is 17.1 Å². The zero-order chi connectivity index (χ0) is 13.4. The van der Waals surface area contributed by atoms with Crippen molar-refractivity contribution in [2.24, 2.45) is 0 Å². The molecule has 0 radical (unpaired) electrons. The Morgan fingerprint density at radius 2 is 1.95 bits per heavy atom. The SMILES string of the molecule is Fc1cc(Br)cc(F)c1-c1nnc(CNC2CC2)s1. The second kappa shape index (κ2) is 5.22. The van der Waals surface area contributed by atoms with Gasteiger partial charge in [-0.1, -0.05) is 27.3 Å². The summed E-state index contributed by atoms with van der Waals surface area (Å²) in [4.78, 5) is 0. The molecule has 19 heavy (non-hydrogen) atoms. The number of nitrogens with one attached hydrogen (secondary N) is 1. The van der Waals surface area contributed by atoms with Crippen LogP contribution in [-0.4, -0.2) is 16.2 Å². The van der Waals surface area contributed by atoms with Gasteiger partial charge < -0.3 is 5.32 Å². The van der Waals surface area contributed by atoms with Gasteiger partial charge in [0.05, 0.1) is 5.56 Å². The third-order valence-corrected chi connectivity index (χ3v) is 4.21. The Balaban J connectivity index is 1.85. The highest BCUT2D eigenvalue weighted by molar-refractivity contribution is 9.10. The highest BCUT2D eigenvalue weighted by atomic mass is 79.9. The third kappa shape index (κ3) is 2.98. The molecule has 1 N–H and O–H groups in total. The minimum Gasteiger partial charge on any atom is -0.308 e. The molecule has 2 aromatic rings. The van der Waals surface area contributed by atoms with Gasteiger partial charge in [0.25, 0.3) is 0 Å². The number of hydrogen-bond acceptors (Lipinski definition) is 4. The fourth-order valence-corrected chi connectivity index (χ4v) is 2.93. The van der Waals surface area contributed by atoms with Crippen LogP contribution in [0.25, 0.3) is 10.6 Å². The van der Waals surface area contributed by atoms with Gasteiger partial charge in [-0.3, -0.25) is 0 Å². The van der Waals surface area contributed by atoms with Crippen molar-refractivity contribution in [3.05, 3.63) is 33.2 Å². The number of aromatic nitrogens is 2. The van der Waals surface area contributed by atoms with E-state index in [1.165, 1.54) is 36.3 Å². The maximum absolute atomic E-state index is 13.8. The predicted octanol–water partition coefficient (Wildman–Crippen LogP) is 3.50. The Kier molecular flexibility index (Phi) is 3.60. The molecule has 1 aromatic heterocycles. The summed E-state index contributed by atoms with van der Waals surface area (Å²) >= 11 is 4.26. The lowest BCUT2D eigenvalue weighted by Crippen LogP contribution is -2.14. The van der Waals surface area contributed by atoms with Gasteiger partial charge >= 0.3 is 0 Å². The van der Waals surface area contributed by atoms with Crippen molar-refractivity contribution in [2.75, 3.05) is 0 Å². The van der Waals surface area contributed by atoms with E-state index >= 15 is 0 Å². The van der Waals surface area contributed by atoms with Crippen molar-refractivity contribution in [3.8, 4) is 10.6 Å². The van der Waals surface area contributed by atoms with Crippen LogP contribution in [0.1, 0.15) is 17.8 Å². The Bertz CT molecular complexity index is 590. The fraction of sp³-hybridized carbons (Fsp3) is 0.333. The Morgan fingerprint density at radius 1 is 1.26 bits per heavy atom. The summed E-state index contributed by atoms with van der Waals surface area (Å²) in [6, 6.07) is 3.01. The van der Waals surface area contributed by atoms with E-state index in [1.54, 1.807) is 0 Å². The van der Waals surface area contributed by atoms with Crippen LogP contribution in [0.15, 0.2) is 16.6 Å². The van der Waals surface area contributed by atoms with Crippen LogP contribution in [0.3, 0.4) is 0 Å². The molecule has 0 unspecified atom stereocenters. The molecule has 3 nitrogen and oxygen atoms in total. The number of nitrogens with zero attached hydrogens (tertiary/aromatic N) is 2. The Labute approximate surface area is 121 Å². The topological polar surface area (TPSA) is 37.8 Å². The van der Waals surface area contributed by atoms with Gasteiger partial charge in [-0.15, -0.1) is 10.2 Å². The average molecular weight is 346 g/mol. The van der Waals surface area contributed by atoms with Crippen LogP contribution in [0, 0.1) is 11.6 Å². The van der Waals surface area contributed by atoms with E-state index < -0.39 is 11.6 Å². The molecule has 3 rings (SSSR count). The van der Waals surface area contributed by atoms with E-state index in [9.17, 15) is 8.78 Å². The first-order valence-electron chi connectivity index (χ1n) is 5.84. The number of halogens is 3. The summed E-state index contributed by atoms with van der Waals surface area (Å²) in [6.45, 7) is 0.599. The highest BCUT2D eigenvalue weighted by Gasteiger charge is 2.21. The standard InChI is InChI=1S/C12H10BrF2N3S/c13-6-3-8(14)11(9(15)4-6)12-18-17-10(19-12)5-16-7-1-2-7/h3-4,7,16H,1-2,5H2. The zero-order valence-electron chi connectivity index (χ0n) is 9.79. The van der Waals surface area contributed by atoms with Crippen LogP contribution in [0.2, 0.25) is 0 Å². The van der Waals surface area contributed by atoms with Crippen LogP contribution in [0.5, 0.6) is 0 Å². The summed E-state index contributed by atoms with van der Waals surface area (Å²) in [6.07, 6.45) is 2.36. The Morgan fingerprint density at radius 3 is 2.58 bits per heavy atom. The van der Waals surface area contributed by atoms with Crippen molar-refractivity contribution in [1.82, 2.24) is 15.5 Å². The molecule has 0 aliphatic heterocycles. The maximum Gasteiger partial charge on any atom is 0.153 e. The monoisotopic (exact) mass is 345 g/mol. The van der Waals surface area contributed by atoms with E-state index in [2.05, 4.69) is 31.4 Å². The number of benzene rings is 1. The van der Waals surface area contributed by atoms with E-state index in [4.69, 9.17) is 0 Å². The molecule has 1 aromatic carbocycles. The van der Waals surface area contributed by atoms with Crippen LogP contribution >= 0.6 is 27.3 Å². The lowest BCUT2D eigenvalue weighted by atomic mass is 10.2. The molecule has 1 fully saturated rings. The normalized spacial score (nSPS) is 14.9. The van der Waals surface area contributed by atoms with Crippen LogP contribution < -0.4 is 5.32 Å². The van der Waals surface area contributed by atoms with Gasteiger partial charge in [-0.2, -0.15) is 0 Å². The Hall–Kier alpha value is -0.920. The maximum atomic E-state index is 13.8. The summed E-state index contributed by atoms with van der Waals surface area (Å²) in [5.74, 6) is -1.27. The number of rotatable bonds is 4. The minimum absolute atomic E-state index is 0.113. The van der Waals surface area contributed by atoms with Crippen molar-refractivity contribution in [1.29, 1.82) is 0 Å². The molecule has 0 bridgehead atoms. The molecule has 0 spiro atoms. The van der Waals surface area contributed by atoms with Crippen molar-refractivity contribution >= 4 is 27.3 Å². The van der Waals surface area contributed by atoms with Crippen LogP contribution in [-0.2, 0) is 6.54 Å². The van der Waals surface area contributed by atoms with E-state index in [0.717, 1.165) is 5.01 Å². The van der Waals surface area contributed by atoms with Gasteiger partial charge in [0, 0.05) is 17.1 Å². The second-order valence-electron chi connectivity index (χ2n) is 4.40. The third-order valence-electron chi connectivity index (χ3n) is 2.81. The molecule has 1 saturated carbocycles. The summed E-state index contributed by atoms with van der Waals surface area (Å²) < 4.78 is 27.9. The minimum atomic E-state index is -0.635. The van der Waals surface area contributed by atoms with Crippen molar-refractivity contribution in [3.63, 3.8) is 0 Å². The fourth-order valence-electron chi connectivity index (χ4n) is 1.69. The largest absolute Gasteiger partial charge is 0.308 e. The molecule has 1 aliphatic carbocycles. The highest BCUT2D eigenvalue weighted by Crippen LogP contribution is 2.31. The predicted molar refractivity (Wildman–Crippen MR) is 72.8 cm³/mol. The first kappa shape index (κ1) is 13.1. The lowest BCUT2D eigenvalue weighted by molar-refractivity contribution is 0.587. The first-order valence-corrected chi connectivity index (χ1v) is 7.45. The van der Waals surface area contributed by atoms with Crippen LogP contribution in [0.4, 0.5) is 8.78 Å². The molecular weight excluding hydrogens is 336 g/mol. The summed E-state index contributed by atoms with van der Waals surface area (Å²) in [5, 5.41) is 12.1. The number of hydrogen-bond donors (Lipinski definition) is 1. The molecule has 1 heterocycles. The van der Waals surface area contributed by atoms with Gasteiger partial charge in [0.15, 0.2) is 5.01 Å². The average Bonchev–Trinajstić information content (AvgIpc) is 3.05. The molecular formula is C12H10BrF2N3S. The molecule has 7 heteroatoms. The molecule has 100 valence electrons. The molecule has 1 aliphatic rings. The molecule has 0 saturated heterocycles. The first-order chi connectivity index (χ1) is 9.13. The molecule has 0 atom stereocenters. The quantitative estimate of drug-likeness (QED) is 0.921. The van der Waals surface area contributed by atoms with Gasteiger partial charge in [0.2, 0.25) is 0 Å². The summed E-state index contributed by atoms with van der Waals surface area (Å²) in [5.41, 5.74) is -0.113. The smallest absolute Gasteiger partial charge is 0.153 e. The second-order valence-corrected chi connectivity index (χ2v) is 6.38. The van der Waals surface area contributed by atoms with Gasteiger partial charge in [0.1, 0.15) is 16.6 Å². The lowest BCUT2D eigenvalue weighted by Gasteiger charge is -2.01. The summed E-state index contributed by atoms with van der Waals surface area (Å²) in [7, 11) is 0. The zero-order valence-corrected chi connectivity index (χ0v) is 12.2. The van der Waals surface area contributed by atoms with Gasteiger partial charge in [-0.25, -0.2) is 8.78 Å². The van der Waals surface area contributed by atoms with Crippen molar-refractivity contribution < 1.29 is 8.78 Å². The van der Waals surface area contributed by atoms with E-state index in [-0.39, 0.29) is 10.6 Å². The van der Waals surface area contributed by atoms with E-state index in [1.807, 2.05) is 0 Å².